The van der Waals surface area contributed by atoms with Gasteiger partial charge in [0, 0.05) is 6.07 Å². The van der Waals surface area contributed by atoms with Crippen LogP contribution >= 0.6 is 0 Å². The highest BCUT2D eigenvalue weighted by molar-refractivity contribution is 5.86. The van der Waals surface area contributed by atoms with Gasteiger partial charge >= 0.3 is 5.97 Å². The predicted octanol–water partition coefficient (Wildman–Crippen LogP) is 2.95. The molecule has 0 saturated carbocycles. The molecular weight excluding hydrogens is 274 g/mol. The van der Waals surface area contributed by atoms with E-state index in [4.69, 9.17) is 19.1 Å². The number of aromatic carboxylic acids is 1. The maximum absolute atomic E-state index is 10.7. The van der Waals surface area contributed by atoms with Crippen molar-refractivity contribution < 1.29 is 23.9 Å². The third-order valence-corrected chi connectivity index (χ3v) is 2.68. The summed E-state index contributed by atoms with van der Waals surface area (Å²) in [6, 6.07) is 6.84. The van der Waals surface area contributed by atoms with Gasteiger partial charge < -0.3 is 19.1 Å². The first-order valence-electron chi connectivity index (χ1n) is 6.33. The molecule has 0 radical (unpaired) electrons. The third-order valence-electron chi connectivity index (χ3n) is 2.68. The third kappa shape index (κ3) is 3.62. The van der Waals surface area contributed by atoms with E-state index in [0.29, 0.717) is 23.9 Å². The quantitative estimate of drug-likeness (QED) is 0.880. The Kier molecular flexibility index (Phi) is 4.61. The van der Waals surface area contributed by atoms with E-state index in [1.54, 1.807) is 19.3 Å². The highest BCUT2D eigenvalue weighted by atomic mass is 16.5. The molecule has 0 unspecified atom stereocenters. The fourth-order valence-corrected chi connectivity index (χ4v) is 1.71. The van der Waals surface area contributed by atoms with Gasteiger partial charge in [0.2, 0.25) is 0 Å². The van der Waals surface area contributed by atoms with Gasteiger partial charge in [-0.2, -0.15) is 0 Å². The Labute approximate surface area is 121 Å². The van der Waals surface area contributed by atoms with Gasteiger partial charge in [0.1, 0.15) is 0 Å². The van der Waals surface area contributed by atoms with Crippen molar-refractivity contribution in [1.29, 1.82) is 0 Å². The molecule has 0 amide bonds. The summed E-state index contributed by atoms with van der Waals surface area (Å²) in [5.41, 5.74) is 0.738. The number of carbonyl (C=O) groups is 1. The first-order chi connectivity index (χ1) is 10.1. The van der Waals surface area contributed by atoms with Crippen molar-refractivity contribution in [3.63, 3.8) is 0 Å². The molecule has 0 saturated heterocycles. The fourth-order valence-electron chi connectivity index (χ4n) is 1.71. The van der Waals surface area contributed by atoms with Crippen LogP contribution in [-0.4, -0.2) is 29.9 Å². The molecule has 110 valence electrons. The Balaban J connectivity index is 2.18. The molecule has 1 heterocycles. The summed E-state index contributed by atoms with van der Waals surface area (Å²) < 4.78 is 15.6. The molecule has 6 nitrogen and oxygen atoms in total. The minimum absolute atomic E-state index is 0.126. The molecule has 21 heavy (non-hydrogen) atoms. The number of benzene rings is 1. The number of carboxylic acid groups (broad SMARTS) is 1. The SMILES string of the molecule is CCOc1ccc(/C=C/c2cc(C(=O)O)no2)cc1OC. The molecule has 1 aromatic heterocycles. The Hall–Kier alpha value is -2.76. The molecule has 6 heteroatoms. The number of methoxy groups -OCH3 is 1. The molecule has 0 atom stereocenters. The van der Waals surface area contributed by atoms with E-state index in [0.717, 1.165) is 5.56 Å². The second-order valence-corrected chi connectivity index (χ2v) is 4.10. The average molecular weight is 289 g/mol. The number of aromatic nitrogens is 1. The lowest BCUT2D eigenvalue weighted by molar-refractivity contribution is 0.0685. The van der Waals surface area contributed by atoms with Crippen LogP contribution in [0.5, 0.6) is 11.5 Å². The lowest BCUT2D eigenvalue weighted by atomic mass is 10.1. The van der Waals surface area contributed by atoms with E-state index >= 15 is 0 Å². The average Bonchev–Trinajstić information content (AvgIpc) is 2.95. The van der Waals surface area contributed by atoms with E-state index in [1.807, 2.05) is 25.1 Å². The summed E-state index contributed by atoms with van der Waals surface area (Å²) in [5, 5.41) is 12.2. The van der Waals surface area contributed by atoms with Crippen LogP contribution in [0.1, 0.15) is 28.7 Å². The monoisotopic (exact) mass is 289 g/mol. The van der Waals surface area contributed by atoms with Crippen molar-refractivity contribution in [3.8, 4) is 11.5 Å². The van der Waals surface area contributed by atoms with Gasteiger partial charge in [0.05, 0.1) is 13.7 Å². The van der Waals surface area contributed by atoms with E-state index in [2.05, 4.69) is 5.16 Å². The fraction of sp³-hybridized carbons (Fsp3) is 0.200. The second kappa shape index (κ2) is 6.60. The Bertz CT molecular complexity index is 660. The molecule has 0 aliphatic heterocycles. The van der Waals surface area contributed by atoms with Crippen molar-refractivity contribution in [2.75, 3.05) is 13.7 Å². The van der Waals surface area contributed by atoms with Gasteiger partial charge in [0.15, 0.2) is 23.0 Å². The van der Waals surface area contributed by atoms with Gasteiger partial charge in [-0.3, -0.25) is 0 Å². The normalized spacial score (nSPS) is 10.8. The first-order valence-corrected chi connectivity index (χ1v) is 6.33. The number of hydrogen-bond donors (Lipinski definition) is 1. The van der Waals surface area contributed by atoms with Crippen LogP contribution in [0.4, 0.5) is 0 Å². The zero-order valence-electron chi connectivity index (χ0n) is 11.7. The Morgan fingerprint density at radius 3 is 2.76 bits per heavy atom. The summed E-state index contributed by atoms with van der Waals surface area (Å²) in [6.07, 6.45) is 3.40. The highest BCUT2D eigenvalue weighted by Crippen LogP contribution is 2.28. The van der Waals surface area contributed by atoms with Crippen LogP contribution in [0.2, 0.25) is 0 Å². The number of carboxylic acids is 1. The lowest BCUT2D eigenvalue weighted by Crippen LogP contribution is -1.95. The maximum atomic E-state index is 10.7. The van der Waals surface area contributed by atoms with Crippen LogP contribution in [-0.2, 0) is 0 Å². The molecule has 0 bridgehead atoms. The number of ether oxygens (including phenoxy) is 2. The van der Waals surface area contributed by atoms with Gasteiger partial charge in [0.25, 0.3) is 0 Å². The smallest absolute Gasteiger partial charge is 0.358 e. The number of rotatable bonds is 6. The van der Waals surface area contributed by atoms with E-state index < -0.39 is 5.97 Å². The van der Waals surface area contributed by atoms with Crippen molar-refractivity contribution in [3.05, 3.63) is 41.3 Å². The largest absolute Gasteiger partial charge is 0.493 e. The van der Waals surface area contributed by atoms with Gasteiger partial charge in [-0.1, -0.05) is 17.3 Å². The maximum Gasteiger partial charge on any atom is 0.358 e. The summed E-state index contributed by atoms with van der Waals surface area (Å²) in [4.78, 5) is 10.7. The second-order valence-electron chi connectivity index (χ2n) is 4.10. The van der Waals surface area contributed by atoms with Gasteiger partial charge in [-0.15, -0.1) is 0 Å². The van der Waals surface area contributed by atoms with Gasteiger partial charge in [-0.25, -0.2) is 4.79 Å². The van der Waals surface area contributed by atoms with Crippen molar-refractivity contribution >= 4 is 18.1 Å². The Morgan fingerprint density at radius 2 is 2.14 bits per heavy atom. The van der Waals surface area contributed by atoms with Crippen LogP contribution in [0.3, 0.4) is 0 Å². The first kappa shape index (κ1) is 14.6. The van der Waals surface area contributed by atoms with E-state index in [1.165, 1.54) is 6.07 Å². The molecule has 2 rings (SSSR count). The summed E-state index contributed by atoms with van der Waals surface area (Å²) >= 11 is 0. The molecule has 1 aromatic carbocycles. The molecular formula is C15H15NO5. The van der Waals surface area contributed by atoms with Gasteiger partial charge in [-0.05, 0) is 30.7 Å². The molecule has 0 fully saturated rings. The summed E-state index contributed by atoms with van der Waals surface area (Å²) in [5.74, 6) is 0.536. The van der Waals surface area contributed by atoms with Crippen molar-refractivity contribution in [1.82, 2.24) is 5.16 Å². The molecule has 0 aliphatic carbocycles. The summed E-state index contributed by atoms with van der Waals surface area (Å²) in [6.45, 7) is 2.46. The van der Waals surface area contributed by atoms with Crippen LogP contribution < -0.4 is 9.47 Å². The Morgan fingerprint density at radius 1 is 1.33 bits per heavy atom. The summed E-state index contributed by atoms with van der Waals surface area (Å²) in [7, 11) is 1.57. The van der Waals surface area contributed by atoms with Crippen molar-refractivity contribution in [2.24, 2.45) is 0 Å². The van der Waals surface area contributed by atoms with Crippen LogP contribution in [0.15, 0.2) is 28.8 Å². The minimum Gasteiger partial charge on any atom is -0.493 e. The predicted molar refractivity (Wildman–Crippen MR) is 76.6 cm³/mol. The molecule has 1 N–H and O–H groups in total. The zero-order chi connectivity index (χ0) is 15.2. The standard InChI is InChI=1S/C15H15NO5/c1-3-20-13-7-5-10(8-14(13)19-2)4-6-11-9-12(15(17)18)16-21-11/h4-9H,3H2,1-2H3,(H,17,18)/b6-4+. The molecule has 2 aromatic rings. The van der Waals surface area contributed by atoms with Crippen molar-refractivity contribution in [2.45, 2.75) is 6.92 Å². The highest BCUT2D eigenvalue weighted by Gasteiger charge is 2.08. The number of nitrogens with zero attached hydrogens (tertiary/aromatic N) is 1. The van der Waals surface area contributed by atoms with Crippen LogP contribution in [0.25, 0.3) is 12.2 Å². The lowest BCUT2D eigenvalue weighted by Gasteiger charge is -2.09. The number of hydrogen-bond acceptors (Lipinski definition) is 5. The minimum atomic E-state index is -1.12. The zero-order valence-corrected chi connectivity index (χ0v) is 11.7. The van der Waals surface area contributed by atoms with E-state index in [9.17, 15) is 4.79 Å². The van der Waals surface area contributed by atoms with Crippen LogP contribution in [0, 0.1) is 0 Å². The van der Waals surface area contributed by atoms with E-state index in [-0.39, 0.29) is 5.69 Å². The topological polar surface area (TPSA) is 81.8 Å². The molecule has 0 spiro atoms. The molecule has 0 aliphatic rings.